The van der Waals surface area contributed by atoms with Gasteiger partial charge in [0.15, 0.2) is 11.6 Å². The summed E-state index contributed by atoms with van der Waals surface area (Å²) in [5.41, 5.74) is 15.0. The molecule has 4 aromatic heterocycles. The van der Waals surface area contributed by atoms with Crippen molar-refractivity contribution in [2.24, 2.45) is 0 Å². The van der Waals surface area contributed by atoms with Crippen LogP contribution in [0.3, 0.4) is 0 Å². The molecule has 14 rings (SSSR count). The lowest BCUT2D eigenvalue weighted by molar-refractivity contribution is 0.953. The molecule has 0 N–H and O–H groups in total. The first-order chi connectivity index (χ1) is 34.3. The molecule has 0 saturated heterocycles. The van der Waals surface area contributed by atoms with E-state index in [9.17, 15) is 0 Å². The second-order valence-electron chi connectivity index (χ2n) is 17.6. The first-order valence-electron chi connectivity index (χ1n) is 23.4. The summed E-state index contributed by atoms with van der Waals surface area (Å²) in [5.74, 6) is 1.72. The maximum atomic E-state index is 5.61. The zero-order chi connectivity index (χ0) is 45.4. The van der Waals surface area contributed by atoms with Gasteiger partial charge in [-0.25, -0.2) is 4.98 Å². The van der Waals surface area contributed by atoms with Gasteiger partial charge >= 0.3 is 0 Å². The number of hydrogen-bond acceptors (Lipinski definition) is 3. The maximum Gasteiger partial charge on any atom is 0.238 e. The highest BCUT2D eigenvalue weighted by Crippen LogP contribution is 2.44. The quantitative estimate of drug-likeness (QED) is 0.160. The highest BCUT2D eigenvalue weighted by molar-refractivity contribution is 6.24. The summed E-state index contributed by atoms with van der Waals surface area (Å²) in [5, 5.41) is 6.84. The van der Waals surface area contributed by atoms with Crippen molar-refractivity contribution < 1.29 is 0 Å². The Bertz CT molecular complexity index is 4300. The van der Waals surface area contributed by atoms with Gasteiger partial charge in [0.1, 0.15) is 0 Å². The molecule has 322 valence electrons. The van der Waals surface area contributed by atoms with Gasteiger partial charge in [0, 0.05) is 54.7 Å². The van der Waals surface area contributed by atoms with Crippen LogP contribution in [0.1, 0.15) is 0 Å². The Kier molecular flexibility index (Phi) is 8.79. The van der Waals surface area contributed by atoms with Crippen LogP contribution < -0.4 is 0 Å². The van der Waals surface area contributed by atoms with E-state index >= 15 is 0 Å². The van der Waals surface area contributed by atoms with Gasteiger partial charge in [0.2, 0.25) is 5.95 Å². The van der Waals surface area contributed by atoms with Gasteiger partial charge in [-0.15, -0.1) is 0 Å². The molecule has 14 aromatic rings. The highest BCUT2D eigenvalue weighted by atomic mass is 15.2. The number of para-hydroxylation sites is 6. The number of aromatic nitrogens is 6. The summed E-state index contributed by atoms with van der Waals surface area (Å²) in [4.78, 5) is 16.5. The first kappa shape index (κ1) is 38.8. The van der Waals surface area contributed by atoms with Crippen molar-refractivity contribution >= 4 is 65.4 Å². The molecule has 10 aromatic carbocycles. The molecule has 0 unspecified atom stereocenters. The average molecular weight is 881 g/mol. The van der Waals surface area contributed by atoms with Crippen molar-refractivity contribution in [3.63, 3.8) is 0 Å². The van der Waals surface area contributed by atoms with Crippen LogP contribution in [0.4, 0.5) is 0 Å². The van der Waals surface area contributed by atoms with E-state index in [-0.39, 0.29) is 0 Å². The van der Waals surface area contributed by atoms with E-state index in [4.69, 9.17) is 15.0 Å². The third-order valence-electron chi connectivity index (χ3n) is 13.7. The number of hydrogen-bond donors (Lipinski definition) is 0. The molecule has 4 heterocycles. The van der Waals surface area contributed by atoms with Crippen molar-refractivity contribution in [1.82, 2.24) is 28.7 Å². The van der Waals surface area contributed by atoms with Gasteiger partial charge in [-0.1, -0.05) is 194 Å². The van der Waals surface area contributed by atoms with E-state index in [0.29, 0.717) is 17.6 Å². The fourth-order valence-electron chi connectivity index (χ4n) is 10.7. The van der Waals surface area contributed by atoms with Crippen LogP contribution in [-0.2, 0) is 0 Å². The molecule has 0 aliphatic carbocycles. The molecule has 0 aliphatic rings. The Morgan fingerprint density at radius 1 is 0.261 bits per heavy atom. The molecule has 0 spiro atoms. The van der Waals surface area contributed by atoms with E-state index in [2.05, 4.69) is 238 Å². The van der Waals surface area contributed by atoms with Gasteiger partial charge in [-0.2, -0.15) is 9.97 Å². The SMILES string of the molecule is c1ccc(-c2cccc(-c3ccccc3-n3c4ccccc4c4ccc5c6ccccc6n(-c6nc(-c7ccccc7)nc(-c7cccc8c9ccccc9n(-c9ccccc9)c78)n6)c5c43)c2)cc1. The smallest absolute Gasteiger partial charge is 0.238 e. The van der Waals surface area contributed by atoms with Crippen molar-refractivity contribution in [1.29, 1.82) is 0 Å². The largest absolute Gasteiger partial charge is 0.309 e. The standard InChI is InChI=1S/C63H40N6/c1-4-20-41(21-5-1)43-24-18-25-44(40-43)46-28-10-14-34-54(46)68-56-36-16-12-30-48(56)51-38-39-52-49-31-13-17-37-57(49)69(60(52)59(51)68)63-65-61(42-22-6-2-7-23-42)64-62(66-63)53-33-19-32-50-47-29-11-15-35-55(47)67(58(50)53)45-26-8-3-9-27-45/h1-40H. The molecular weight excluding hydrogens is 841 g/mol. The average Bonchev–Trinajstić information content (AvgIpc) is 4.08. The summed E-state index contributed by atoms with van der Waals surface area (Å²) < 4.78 is 7.10. The Morgan fingerprint density at radius 2 is 0.725 bits per heavy atom. The Hall–Kier alpha value is -9.39. The molecule has 6 nitrogen and oxygen atoms in total. The van der Waals surface area contributed by atoms with E-state index in [1.54, 1.807) is 0 Å². The van der Waals surface area contributed by atoms with Crippen LogP contribution >= 0.6 is 0 Å². The number of nitrogens with zero attached hydrogens (tertiary/aromatic N) is 6. The molecule has 0 amide bonds. The molecule has 0 aliphatic heterocycles. The molecule has 0 bridgehead atoms. The summed E-state index contributed by atoms with van der Waals surface area (Å²) in [6.07, 6.45) is 0. The van der Waals surface area contributed by atoms with Crippen LogP contribution in [0.5, 0.6) is 0 Å². The fraction of sp³-hybridized carbons (Fsp3) is 0. The summed E-state index contributed by atoms with van der Waals surface area (Å²) in [7, 11) is 0. The molecular formula is C63H40N6. The van der Waals surface area contributed by atoms with Crippen molar-refractivity contribution in [3.8, 4) is 62.4 Å². The predicted molar refractivity (Wildman–Crippen MR) is 285 cm³/mol. The van der Waals surface area contributed by atoms with Crippen molar-refractivity contribution in [3.05, 3.63) is 243 Å². The van der Waals surface area contributed by atoms with Crippen LogP contribution in [-0.4, -0.2) is 28.7 Å². The molecule has 6 heteroatoms. The van der Waals surface area contributed by atoms with Gasteiger partial charge in [-0.3, -0.25) is 4.57 Å². The maximum absolute atomic E-state index is 5.61. The Morgan fingerprint density at radius 3 is 1.42 bits per heavy atom. The Balaban J connectivity index is 1.10. The van der Waals surface area contributed by atoms with Crippen molar-refractivity contribution in [2.75, 3.05) is 0 Å². The van der Waals surface area contributed by atoms with E-state index < -0.39 is 0 Å². The topological polar surface area (TPSA) is 53.5 Å². The van der Waals surface area contributed by atoms with E-state index in [1.165, 1.54) is 21.9 Å². The minimum Gasteiger partial charge on any atom is -0.309 e. The lowest BCUT2D eigenvalue weighted by Gasteiger charge is -2.16. The lowest BCUT2D eigenvalue weighted by Crippen LogP contribution is -2.08. The molecule has 0 fully saturated rings. The second kappa shape index (κ2) is 15.6. The van der Waals surface area contributed by atoms with Crippen LogP contribution in [0, 0.1) is 0 Å². The molecule has 0 atom stereocenters. The Labute approximate surface area is 397 Å². The third kappa shape index (κ3) is 6.09. The minimum atomic E-state index is 0.539. The number of fused-ring (bicyclic) bond motifs is 10. The van der Waals surface area contributed by atoms with E-state index in [0.717, 1.165) is 88.3 Å². The number of rotatable bonds is 7. The van der Waals surface area contributed by atoms with Gasteiger partial charge in [-0.05, 0) is 65.2 Å². The fourth-order valence-corrected chi connectivity index (χ4v) is 10.7. The zero-order valence-corrected chi connectivity index (χ0v) is 37.3. The van der Waals surface area contributed by atoms with Crippen LogP contribution in [0.25, 0.3) is 128 Å². The summed E-state index contributed by atoms with van der Waals surface area (Å²) in [6.45, 7) is 0. The van der Waals surface area contributed by atoms with Crippen LogP contribution in [0.15, 0.2) is 243 Å². The normalized spacial score (nSPS) is 11.8. The number of benzene rings is 10. The van der Waals surface area contributed by atoms with Crippen molar-refractivity contribution in [2.45, 2.75) is 0 Å². The first-order valence-corrected chi connectivity index (χ1v) is 23.4. The zero-order valence-electron chi connectivity index (χ0n) is 37.3. The van der Waals surface area contributed by atoms with E-state index in [1.807, 2.05) is 18.2 Å². The lowest BCUT2D eigenvalue weighted by atomic mass is 9.98. The van der Waals surface area contributed by atoms with Gasteiger partial charge in [0.25, 0.3) is 0 Å². The summed E-state index contributed by atoms with van der Waals surface area (Å²) >= 11 is 0. The molecule has 0 saturated carbocycles. The third-order valence-corrected chi connectivity index (χ3v) is 13.7. The summed E-state index contributed by atoms with van der Waals surface area (Å²) in [6, 6.07) is 86.2. The molecule has 0 radical (unpaired) electrons. The predicted octanol–water partition coefficient (Wildman–Crippen LogP) is 15.8. The monoisotopic (exact) mass is 880 g/mol. The van der Waals surface area contributed by atoms with Gasteiger partial charge in [0.05, 0.1) is 38.8 Å². The van der Waals surface area contributed by atoms with Crippen LogP contribution in [0.2, 0.25) is 0 Å². The molecule has 69 heavy (non-hydrogen) atoms. The highest BCUT2D eigenvalue weighted by Gasteiger charge is 2.26. The van der Waals surface area contributed by atoms with Gasteiger partial charge < -0.3 is 9.13 Å². The second-order valence-corrected chi connectivity index (χ2v) is 17.6. The minimum absolute atomic E-state index is 0.539.